The van der Waals surface area contributed by atoms with Crippen molar-refractivity contribution in [1.29, 1.82) is 0 Å². The van der Waals surface area contributed by atoms with Gasteiger partial charge in [0.15, 0.2) is 11.5 Å². The molecule has 0 atom stereocenters. The minimum Gasteiger partial charge on any atom is -0.451 e. The van der Waals surface area contributed by atoms with Crippen molar-refractivity contribution in [3.63, 3.8) is 0 Å². The van der Waals surface area contributed by atoms with E-state index in [1.165, 1.54) is 18.7 Å². The number of nitrogens with one attached hydrogen (secondary N) is 1. The van der Waals surface area contributed by atoms with E-state index in [0.29, 0.717) is 27.7 Å². The molecule has 1 N–H and O–H groups in total. The normalized spacial score (nSPS) is 13.5. The van der Waals surface area contributed by atoms with Crippen molar-refractivity contribution in [2.45, 2.75) is 30.8 Å². The number of carbonyl (C=O) groups excluding carboxylic acids is 2. The van der Waals surface area contributed by atoms with Crippen molar-refractivity contribution in [3.8, 4) is 5.69 Å². The van der Waals surface area contributed by atoms with E-state index < -0.39 is 0 Å². The lowest BCUT2D eigenvalue weighted by molar-refractivity contribution is -0.113. The van der Waals surface area contributed by atoms with Gasteiger partial charge in [0, 0.05) is 18.2 Å². The molecule has 0 aliphatic heterocycles. The van der Waals surface area contributed by atoms with Gasteiger partial charge in [0.1, 0.15) is 11.4 Å². The van der Waals surface area contributed by atoms with Gasteiger partial charge in [0.2, 0.25) is 11.1 Å². The lowest BCUT2D eigenvalue weighted by atomic mass is 10.2. The molecule has 8 heteroatoms. The molecule has 1 fully saturated rings. The molecule has 156 valence electrons. The fraction of sp³-hybridized carbons (Fsp3) is 0.217. The van der Waals surface area contributed by atoms with E-state index in [4.69, 9.17) is 4.42 Å². The largest absolute Gasteiger partial charge is 0.451 e. The Bertz CT molecular complexity index is 1270. The summed E-state index contributed by atoms with van der Waals surface area (Å²) in [6.07, 6.45) is 2.22. The van der Waals surface area contributed by atoms with Crippen molar-refractivity contribution < 1.29 is 14.0 Å². The van der Waals surface area contributed by atoms with Crippen molar-refractivity contribution in [2.24, 2.45) is 0 Å². The molecule has 7 nitrogen and oxygen atoms in total. The van der Waals surface area contributed by atoms with Crippen LogP contribution in [0.25, 0.3) is 16.7 Å². The molecule has 2 heterocycles. The molecule has 0 radical (unpaired) electrons. The molecular weight excluding hydrogens is 412 g/mol. The molecule has 1 amide bonds. The van der Waals surface area contributed by atoms with Gasteiger partial charge in [0.05, 0.1) is 17.1 Å². The fourth-order valence-electron chi connectivity index (χ4n) is 3.45. The molecule has 0 spiro atoms. The predicted molar refractivity (Wildman–Crippen MR) is 119 cm³/mol. The van der Waals surface area contributed by atoms with Crippen LogP contribution < -0.4 is 5.32 Å². The smallest absolute Gasteiger partial charge is 0.234 e. The summed E-state index contributed by atoms with van der Waals surface area (Å²) < 4.78 is 7.50. The van der Waals surface area contributed by atoms with Gasteiger partial charge in [-0.15, -0.1) is 5.10 Å². The maximum atomic E-state index is 12.7. The van der Waals surface area contributed by atoms with E-state index in [1.807, 2.05) is 53.2 Å². The first kappa shape index (κ1) is 19.6. The average Bonchev–Trinajstić information content (AvgIpc) is 3.44. The number of amides is 1. The molecule has 2 aromatic heterocycles. The fourth-order valence-corrected chi connectivity index (χ4v) is 4.08. The Labute approximate surface area is 182 Å². The number of hydrogen-bond donors (Lipinski definition) is 1. The van der Waals surface area contributed by atoms with E-state index in [-0.39, 0.29) is 23.2 Å². The maximum absolute atomic E-state index is 12.7. The van der Waals surface area contributed by atoms with Crippen molar-refractivity contribution in [1.82, 2.24) is 14.8 Å². The van der Waals surface area contributed by atoms with Gasteiger partial charge in [-0.1, -0.05) is 42.1 Å². The third kappa shape index (κ3) is 3.98. The molecule has 2 aromatic carbocycles. The third-order valence-electron chi connectivity index (χ3n) is 5.07. The highest BCUT2D eigenvalue weighted by molar-refractivity contribution is 7.99. The first-order valence-corrected chi connectivity index (χ1v) is 11.1. The van der Waals surface area contributed by atoms with Crippen molar-refractivity contribution in [2.75, 3.05) is 11.1 Å². The number of nitrogens with zero attached hydrogens (tertiary/aromatic N) is 3. The first-order chi connectivity index (χ1) is 15.1. The summed E-state index contributed by atoms with van der Waals surface area (Å²) in [7, 11) is 0. The van der Waals surface area contributed by atoms with Crippen LogP contribution in [0.3, 0.4) is 0 Å². The highest BCUT2D eigenvalue weighted by atomic mass is 32.2. The Hall–Kier alpha value is -3.39. The average molecular weight is 433 g/mol. The summed E-state index contributed by atoms with van der Waals surface area (Å²) in [4.78, 5) is 29.3. The lowest BCUT2D eigenvalue weighted by Gasteiger charge is -2.04. The lowest BCUT2D eigenvalue weighted by Crippen LogP contribution is -2.15. The standard InChI is InChI=1S/C23H20N4O3S/c1-14(28)21-20(17-9-5-6-10-18(17)30-21)24-19(29)13-31-23-25-22(15-11-12-15)27(26-23)16-7-3-2-4-8-16/h2-10,15H,11-13H2,1H3,(H,24,29). The first-order valence-electron chi connectivity index (χ1n) is 10.1. The van der Waals surface area contributed by atoms with Crippen LogP contribution in [0.2, 0.25) is 0 Å². The Balaban J connectivity index is 1.33. The number of benzene rings is 2. The van der Waals surface area contributed by atoms with Crippen molar-refractivity contribution in [3.05, 3.63) is 66.2 Å². The summed E-state index contributed by atoms with van der Waals surface area (Å²) in [5.74, 6) is 1.15. The van der Waals surface area contributed by atoms with E-state index in [0.717, 1.165) is 24.4 Å². The monoisotopic (exact) mass is 432 g/mol. The van der Waals surface area contributed by atoms with Crippen LogP contribution in [0.4, 0.5) is 5.69 Å². The zero-order valence-electron chi connectivity index (χ0n) is 16.9. The quantitative estimate of drug-likeness (QED) is 0.332. The number of Topliss-reactive ketones (excluding diaryl/α,β-unsaturated/α-hetero) is 1. The van der Waals surface area contributed by atoms with E-state index in [1.54, 1.807) is 6.07 Å². The van der Waals surface area contributed by atoms with Crippen LogP contribution in [0.5, 0.6) is 0 Å². The Kier molecular flexibility index (Phi) is 5.07. The Morgan fingerprint density at radius 2 is 1.87 bits per heavy atom. The van der Waals surface area contributed by atoms with Gasteiger partial charge in [-0.3, -0.25) is 9.59 Å². The van der Waals surface area contributed by atoms with Gasteiger partial charge in [-0.2, -0.15) is 0 Å². The van der Waals surface area contributed by atoms with Crippen molar-refractivity contribution >= 4 is 40.1 Å². The van der Waals surface area contributed by atoms with Crippen LogP contribution >= 0.6 is 11.8 Å². The van der Waals surface area contributed by atoms with Gasteiger partial charge in [-0.05, 0) is 37.1 Å². The molecule has 4 aromatic rings. The SMILES string of the molecule is CC(=O)c1oc2ccccc2c1NC(=O)CSc1nc(C2CC2)n(-c2ccccc2)n1. The molecule has 1 aliphatic rings. The van der Waals surface area contributed by atoms with Gasteiger partial charge >= 0.3 is 0 Å². The minimum absolute atomic E-state index is 0.125. The molecule has 5 rings (SSSR count). The van der Waals surface area contributed by atoms with Gasteiger partial charge < -0.3 is 9.73 Å². The molecule has 31 heavy (non-hydrogen) atoms. The Morgan fingerprint density at radius 3 is 2.61 bits per heavy atom. The second-order valence-electron chi connectivity index (χ2n) is 7.47. The number of aromatic nitrogens is 3. The zero-order valence-corrected chi connectivity index (χ0v) is 17.7. The highest BCUT2D eigenvalue weighted by Gasteiger charge is 2.30. The number of anilines is 1. The number of fused-ring (bicyclic) bond motifs is 1. The number of para-hydroxylation sites is 2. The van der Waals surface area contributed by atoms with Crippen LogP contribution in [0.15, 0.2) is 64.2 Å². The second-order valence-corrected chi connectivity index (χ2v) is 8.41. The summed E-state index contributed by atoms with van der Waals surface area (Å²) >= 11 is 1.27. The number of carbonyl (C=O) groups is 2. The minimum atomic E-state index is -0.247. The van der Waals surface area contributed by atoms with Crippen LogP contribution in [-0.2, 0) is 4.79 Å². The molecule has 0 unspecified atom stereocenters. The number of ketones is 1. The van der Waals surface area contributed by atoms with E-state index >= 15 is 0 Å². The molecule has 1 saturated carbocycles. The molecule has 1 aliphatic carbocycles. The second kappa shape index (κ2) is 8.03. The molecular formula is C23H20N4O3S. The van der Waals surface area contributed by atoms with Gasteiger partial charge in [0.25, 0.3) is 0 Å². The number of thioether (sulfide) groups is 1. The molecule has 0 bridgehead atoms. The number of rotatable bonds is 7. The predicted octanol–water partition coefficient (Wildman–Crippen LogP) is 4.82. The topological polar surface area (TPSA) is 90.0 Å². The summed E-state index contributed by atoms with van der Waals surface area (Å²) in [6, 6.07) is 17.1. The number of furan rings is 1. The highest BCUT2D eigenvalue weighted by Crippen LogP contribution is 2.40. The van der Waals surface area contributed by atoms with Crippen LogP contribution in [0, 0.1) is 0 Å². The van der Waals surface area contributed by atoms with Crippen LogP contribution in [-0.4, -0.2) is 32.2 Å². The maximum Gasteiger partial charge on any atom is 0.234 e. The third-order valence-corrected chi connectivity index (χ3v) is 5.91. The molecule has 0 saturated heterocycles. The number of hydrogen-bond acceptors (Lipinski definition) is 6. The van der Waals surface area contributed by atoms with E-state index in [2.05, 4.69) is 15.4 Å². The Morgan fingerprint density at radius 1 is 1.13 bits per heavy atom. The summed E-state index contributed by atoms with van der Waals surface area (Å²) in [6.45, 7) is 1.42. The van der Waals surface area contributed by atoms with E-state index in [9.17, 15) is 9.59 Å². The zero-order chi connectivity index (χ0) is 21.4. The summed E-state index contributed by atoms with van der Waals surface area (Å²) in [5.41, 5.74) is 1.94. The summed E-state index contributed by atoms with van der Waals surface area (Å²) in [5, 5.41) is 8.72. The van der Waals surface area contributed by atoms with Crippen LogP contribution in [0.1, 0.15) is 42.1 Å². The van der Waals surface area contributed by atoms with Gasteiger partial charge in [-0.25, -0.2) is 9.67 Å².